The molecule has 1 spiro atoms. The number of fused-ring (bicyclic) bond motifs is 1. The fraction of sp³-hybridized carbons (Fsp3) is 0.457. The Bertz CT molecular complexity index is 1400. The first kappa shape index (κ1) is 31.1. The molecule has 3 fully saturated rings. The van der Waals surface area contributed by atoms with Gasteiger partial charge >= 0.3 is 0 Å². The lowest BCUT2D eigenvalue weighted by Gasteiger charge is -2.40. The number of aliphatic hydroxyl groups excluding tert-OH is 1. The molecule has 3 amide bonds. The number of thioether (sulfide) groups is 1. The molecule has 8 heteroatoms. The summed E-state index contributed by atoms with van der Waals surface area (Å²) in [6, 6.07) is 13.8. The lowest BCUT2D eigenvalue weighted by atomic mass is 9.70. The molecule has 0 aliphatic carbocycles. The van der Waals surface area contributed by atoms with Crippen LogP contribution in [0.5, 0.6) is 0 Å². The fourth-order valence-electron chi connectivity index (χ4n) is 7.54. The van der Waals surface area contributed by atoms with Crippen molar-refractivity contribution in [1.82, 2.24) is 9.80 Å². The van der Waals surface area contributed by atoms with Crippen LogP contribution in [0, 0.1) is 25.7 Å². The molecule has 5 rings (SSSR count). The van der Waals surface area contributed by atoms with Crippen molar-refractivity contribution in [3.05, 3.63) is 90.5 Å². The van der Waals surface area contributed by atoms with Gasteiger partial charge in [0.05, 0.1) is 29.2 Å². The van der Waals surface area contributed by atoms with E-state index in [1.807, 2.05) is 69.3 Å². The summed E-state index contributed by atoms with van der Waals surface area (Å²) in [4.78, 5) is 49.1. The van der Waals surface area contributed by atoms with Gasteiger partial charge in [-0.15, -0.1) is 24.9 Å². The van der Waals surface area contributed by atoms with Crippen LogP contribution in [-0.2, 0) is 14.4 Å². The van der Waals surface area contributed by atoms with Crippen molar-refractivity contribution in [2.45, 2.75) is 62.1 Å². The molecule has 6 atom stereocenters. The van der Waals surface area contributed by atoms with E-state index in [1.54, 1.807) is 38.6 Å². The van der Waals surface area contributed by atoms with Gasteiger partial charge in [-0.1, -0.05) is 61.5 Å². The molecular weight excluding hydrogens is 558 g/mol. The average molecular weight is 602 g/mol. The molecule has 228 valence electrons. The molecular formula is C35H43N3O4S. The third-order valence-corrected chi connectivity index (χ3v) is 11.3. The number of carbonyl (C=O) groups excluding carboxylic acids is 3. The van der Waals surface area contributed by atoms with E-state index in [-0.39, 0.29) is 36.1 Å². The van der Waals surface area contributed by atoms with E-state index in [0.717, 1.165) is 35.2 Å². The summed E-state index contributed by atoms with van der Waals surface area (Å²) in [5, 5.41) is 10.8. The second kappa shape index (κ2) is 12.7. The maximum absolute atomic E-state index is 15.0. The summed E-state index contributed by atoms with van der Waals surface area (Å²) in [5.74, 6) is -1.63. The van der Waals surface area contributed by atoms with E-state index >= 15 is 4.79 Å². The van der Waals surface area contributed by atoms with Crippen molar-refractivity contribution in [2.75, 3.05) is 31.1 Å². The first-order chi connectivity index (χ1) is 20.7. The van der Waals surface area contributed by atoms with Crippen molar-refractivity contribution >= 4 is 35.2 Å². The van der Waals surface area contributed by atoms with Gasteiger partial charge < -0.3 is 19.8 Å². The summed E-state index contributed by atoms with van der Waals surface area (Å²) in [7, 11) is 0. The fourth-order valence-corrected chi connectivity index (χ4v) is 9.73. The molecule has 0 radical (unpaired) electrons. The molecule has 0 saturated carbocycles. The minimum atomic E-state index is -0.853. The van der Waals surface area contributed by atoms with Crippen molar-refractivity contribution in [2.24, 2.45) is 11.8 Å². The highest BCUT2D eigenvalue weighted by Gasteiger charge is 2.74. The van der Waals surface area contributed by atoms with Crippen molar-refractivity contribution in [3.63, 3.8) is 0 Å². The molecule has 2 aromatic carbocycles. The molecule has 2 bridgehead atoms. The van der Waals surface area contributed by atoms with Gasteiger partial charge in [0, 0.05) is 30.6 Å². The van der Waals surface area contributed by atoms with Gasteiger partial charge in [-0.05, 0) is 55.9 Å². The summed E-state index contributed by atoms with van der Waals surface area (Å²) in [6.45, 7) is 14.7. The van der Waals surface area contributed by atoms with Crippen LogP contribution in [0.1, 0.15) is 48.9 Å². The number of carbonyl (C=O) groups is 3. The van der Waals surface area contributed by atoms with Gasteiger partial charge in [0.1, 0.15) is 6.04 Å². The number of rotatable bonds is 12. The lowest BCUT2D eigenvalue weighted by Crippen LogP contribution is -2.56. The number of aryl methyl sites for hydroxylation is 2. The van der Waals surface area contributed by atoms with Crippen molar-refractivity contribution < 1.29 is 19.5 Å². The number of likely N-dealkylation sites (tertiary alicyclic amines) is 1. The predicted molar refractivity (Wildman–Crippen MR) is 173 cm³/mol. The van der Waals surface area contributed by atoms with Crippen molar-refractivity contribution in [1.29, 1.82) is 0 Å². The van der Waals surface area contributed by atoms with Crippen LogP contribution >= 0.6 is 11.8 Å². The highest BCUT2D eigenvalue weighted by atomic mass is 32.2. The second-order valence-electron chi connectivity index (χ2n) is 12.0. The second-order valence-corrected chi connectivity index (χ2v) is 13.6. The smallest absolute Gasteiger partial charge is 0.251 e. The Hall–Kier alpha value is -3.36. The van der Waals surface area contributed by atoms with Gasteiger partial charge in [-0.2, -0.15) is 0 Å². The van der Waals surface area contributed by atoms with Crippen LogP contribution < -0.4 is 4.90 Å². The molecule has 0 aromatic heterocycles. The monoisotopic (exact) mass is 601 g/mol. The van der Waals surface area contributed by atoms with Crippen LogP contribution in [0.2, 0.25) is 0 Å². The van der Waals surface area contributed by atoms with E-state index < -0.39 is 28.7 Å². The zero-order valence-corrected chi connectivity index (χ0v) is 26.3. The van der Waals surface area contributed by atoms with Gasteiger partial charge in [-0.3, -0.25) is 14.4 Å². The molecule has 2 aromatic rings. The van der Waals surface area contributed by atoms with E-state index in [2.05, 4.69) is 13.2 Å². The maximum atomic E-state index is 15.0. The molecule has 1 N–H and O–H groups in total. The summed E-state index contributed by atoms with van der Waals surface area (Å²) < 4.78 is -0.773. The molecule has 3 aliphatic heterocycles. The van der Waals surface area contributed by atoms with Crippen molar-refractivity contribution in [3.8, 4) is 0 Å². The quantitative estimate of drug-likeness (QED) is 0.344. The average Bonchev–Trinajstić information content (AvgIpc) is 3.65. The number of hydrogen-bond donors (Lipinski definition) is 1. The number of anilines is 1. The Balaban J connectivity index is 1.65. The summed E-state index contributed by atoms with van der Waals surface area (Å²) in [6.07, 6.45) is 5.66. The topological polar surface area (TPSA) is 81.2 Å². The standard InChI is InChI=1S/C35H43N3O4S/c1-6-18-36(19-7-2)32(40)29-28-16-17-35(43-28)30(29)33(41)38(27(22-39)25-12-10-9-11-13-25)31(35)34(42)37(20-8-3)26-21-23(4)14-15-24(26)5/h6,8-15,21,27-31,39H,1,3,7,16-20,22H2,2,4-5H3/t27-,28-,29+,30+,31?,35?/m1/s1. The zero-order chi connectivity index (χ0) is 30.9. The molecule has 43 heavy (non-hydrogen) atoms. The highest BCUT2D eigenvalue weighted by Crippen LogP contribution is 2.67. The maximum Gasteiger partial charge on any atom is 0.251 e. The minimum Gasteiger partial charge on any atom is -0.394 e. The predicted octanol–water partition coefficient (Wildman–Crippen LogP) is 5.07. The largest absolute Gasteiger partial charge is 0.394 e. The Morgan fingerprint density at radius 1 is 1.12 bits per heavy atom. The third-order valence-electron chi connectivity index (χ3n) is 9.34. The SMILES string of the molecule is C=CCN(CCC)C(=O)[C@@H]1[C@H]2C(=O)N([C@H](CO)c3ccccc3)C(C(=O)N(CC=C)c3cc(C)ccc3C)C23CC[C@H]1S3. The Kier molecular flexibility index (Phi) is 9.18. The number of benzene rings is 2. The van der Waals surface area contributed by atoms with E-state index in [1.165, 1.54) is 0 Å². The van der Waals surface area contributed by atoms with Gasteiger partial charge in [0.2, 0.25) is 11.8 Å². The number of amides is 3. The molecule has 7 nitrogen and oxygen atoms in total. The zero-order valence-electron chi connectivity index (χ0n) is 25.4. The van der Waals surface area contributed by atoms with Crippen LogP contribution in [0.25, 0.3) is 0 Å². The molecule has 3 aliphatic rings. The normalized spacial score (nSPS) is 26.2. The van der Waals surface area contributed by atoms with Gasteiger partial charge in [0.15, 0.2) is 0 Å². The van der Waals surface area contributed by atoms with Crippen LogP contribution in [0.15, 0.2) is 73.8 Å². The van der Waals surface area contributed by atoms with Gasteiger partial charge in [0.25, 0.3) is 5.91 Å². The number of nitrogens with zero attached hydrogens (tertiary/aromatic N) is 3. The Labute approximate surface area is 259 Å². The van der Waals surface area contributed by atoms with E-state index in [4.69, 9.17) is 0 Å². The van der Waals surface area contributed by atoms with Crippen LogP contribution in [-0.4, -0.2) is 74.9 Å². The first-order valence-corrected chi connectivity index (χ1v) is 16.2. The summed E-state index contributed by atoms with van der Waals surface area (Å²) in [5.41, 5.74) is 3.51. The number of hydrogen-bond acceptors (Lipinski definition) is 5. The van der Waals surface area contributed by atoms with Gasteiger partial charge in [-0.25, -0.2) is 0 Å². The Morgan fingerprint density at radius 3 is 2.49 bits per heavy atom. The highest BCUT2D eigenvalue weighted by molar-refractivity contribution is 8.02. The van der Waals surface area contributed by atoms with E-state index in [9.17, 15) is 14.7 Å². The molecule has 3 heterocycles. The first-order valence-electron chi connectivity index (χ1n) is 15.3. The van der Waals surface area contributed by atoms with Crippen LogP contribution in [0.3, 0.4) is 0 Å². The number of aliphatic hydroxyl groups is 1. The lowest BCUT2D eigenvalue weighted by molar-refractivity contribution is -0.145. The molecule has 2 unspecified atom stereocenters. The Morgan fingerprint density at radius 2 is 1.84 bits per heavy atom. The summed E-state index contributed by atoms with van der Waals surface area (Å²) >= 11 is 1.65. The van der Waals surface area contributed by atoms with E-state index in [0.29, 0.717) is 19.5 Å². The van der Waals surface area contributed by atoms with Crippen LogP contribution in [0.4, 0.5) is 5.69 Å². The minimum absolute atomic E-state index is 0.0371. The third kappa shape index (κ3) is 5.22. The molecule has 3 saturated heterocycles.